The average molecular weight is 369 g/mol. The molecule has 2 aliphatic heterocycles. The highest BCUT2D eigenvalue weighted by Crippen LogP contribution is 2.48. The predicted molar refractivity (Wildman–Crippen MR) is 95.8 cm³/mol. The van der Waals surface area contributed by atoms with Gasteiger partial charge in [-0.05, 0) is 18.1 Å². The largest absolute Gasteiger partial charge is 0.474 e. The van der Waals surface area contributed by atoms with Crippen molar-refractivity contribution in [2.75, 3.05) is 32.6 Å². The Kier molecular flexibility index (Phi) is 4.77. The van der Waals surface area contributed by atoms with E-state index in [4.69, 9.17) is 13.7 Å². The number of nitrogens with zero attached hydrogens (tertiary/aromatic N) is 1. The Labute approximate surface area is 150 Å². The molecular formula is C18H27NO5S. The summed E-state index contributed by atoms with van der Waals surface area (Å²) in [7, 11) is -3.59. The summed E-state index contributed by atoms with van der Waals surface area (Å²) in [6.07, 6.45) is 0.975. The third kappa shape index (κ3) is 3.64. The van der Waals surface area contributed by atoms with Crippen LogP contribution in [0.4, 0.5) is 0 Å². The fourth-order valence-corrected chi connectivity index (χ4v) is 4.08. The van der Waals surface area contributed by atoms with Gasteiger partial charge < -0.3 is 13.7 Å². The van der Waals surface area contributed by atoms with Crippen LogP contribution in [-0.2, 0) is 20.3 Å². The normalized spacial score (nSPS) is 23.4. The summed E-state index contributed by atoms with van der Waals surface area (Å²) in [6.45, 7) is 11.3. The highest BCUT2D eigenvalue weighted by atomic mass is 32.2. The van der Waals surface area contributed by atoms with Crippen LogP contribution < -0.4 is 8.92 Å². The van der Waals surface area contributed by atoms with Gasteiger partial charge in [-0.25, -0.2) is 0 Å². The smallest absolute Gasteiger partial charge is 0.306 e. The fourth-order valence-electron chi connectivity index (χ4n) is 3.61. The molecule has 0 radical (unpaired) electrons. The molecule has 7 heteroatoms. The minimum Gasteiger partial charge on any atom is -0.474 e. The van der Waals surface area contributed by atoms with Crippen molar-refractivity contribution >= 4 is 10.1 Å². The minimum absolute atomic E-state index is 0.0973. The van der Waals surface area contributed by atoms with Gasteiger partial charge in [-0.1, -0.05) is 27.7 Å². The van der Waals surface area contributed by atoms with Crippen LogP contribution in [-0.4, -0.2) is 52.1 Å². The molecule has 3 rings (SSSR count). The number of ether oxygens (including phenoxy) is 2. The molecular weight excluding hydrogens is 342 g/mol. The molecule has 25 heavy (non-hydrogen) atoms. The number of benzene rings is 1. The molecule has 1 atom stereocenters. The van der Waals surface area contributed by atoms with Crippen molar-refractivity contribution in [3.05, 3.63) is 23.3 Å². The van der Waals surface area contributed by atoms with Gasteiger partial charge in [0.15, 0.2) is 6.23 Å². The van der Waals surface area contributed by atoms with Crippen LogP contribution in [0.5, 0.6) is 11.5 Å². The van der Waals surface area contributed by atoms with Gasteiger partial charge in [0.05, 0.1) is 19.5 Å². The van der Waals surface area contributed by atoms with Gasteiger partial charge in [0, 0.05) is 29.6 Å². The Balaban J connectivity index is 2.02. The van der Waals surface area contributed by atoms with E-state index >= 15 is 0 Å². The Morgan fingerprint density at radius 3 is 2.44 bits per heavy atom. The zero-order chi connectivity index (χ0) is 18.4. The molecule has 0 saturated carbocycles. The first-order chi connectivity index (χ1) is 11.6. The van der Waals surface area contributed by atoms with Crippen LogP contribution in [0, 0.1) is 0 Å². The number of hydrogen-bond donors (Lipinski definition) is 0. The third-order valence-corrected chi connectivity index (χ3v) is 5.38. The standard InChI is InChI=1S/C18H27NO5S/c1-12(2)13-10-16-14(11-15(13)24-25(5,20)21)18(3,4)17(23-16)19-6-8-22-9-7-19/h10-12,17H,6-9H2,1-5H3. The predicted octanol–water partition coefficient (Wildman–Crippen LogP) is 2.48. The summed E-state index contributed by atoms with van der Waals surface area (Å²) in [5.74, 6) is 1.33. The summed E-state index contributed by atoms with van der Waals surface area (Å²) >= 11 is 0. The molecule has 2 aliphatic rings. The molecule has 1 unspecified atom stereocenters. The second kappa shape index (κ2) is 6.45. The van der Waals surface area contributed by atoms with E-state index in [1.165, 1.54) is 0 Å². The Morgan fingerprint density at radius 1 is 1.24 bits per heavy atom. The van der Waals surface area contributed by atoms with Crippen molar-refractivity contribution in [2.45, 2.75) is 45.3 Å². The van der Waals surface area contributed by atoms with E-state index in [1.54, 1.807) is 0 Å². The van der Waals surface area contributed by atoms with Crippen molar-refractivity contribution in [3.8, 4) is 11.5 Å². The van der Waals surface area contributed by atoms with Crippen LogP contribution in [0.2, 0.25) is 0 Å². The van der Waals surface area contributed by atoms with Crippen molar-refractivity contribution in [1.82, 2.24) is 4.90 Å². The molecule has 6 nitrogen and oxygen atoms in total. The lowest BCUT2D eigenvalue weighted by molar-refractivity contribution is -0.0612. The second-order valence-electron chi connectivity index (χ2n) is 7.67. The summed E-state index contributed by atoms with van der Waals surface area (Å²) < 4.78 is 40.4. The van der Waals surface area contributed by atoms with E-state index in [2.05, 4.69) is 18.7 Å². The first-order valence-corrected chi connectivity index (χ1v) is 10.5. The summed E-state index contributed by atoms with van der Waals surface area (Å²) in [6, 6.07) is 3.77. The monoisotopic (exact) mass is 369 g/mol. The van der Waals surface area contributed by atoms with Crippen molar-refractivity contribution in [3.63, 3.8) is 0 Å². The third-order valence-electron chi connectivity index (χ3n) is 4.90. The summed E-state index contributed by atoms with van der Waals surface area (Å²) in [5.41, 5.74) is 1.53. The van der Waals surface area contributed by atoms with Gasteiger partial charge in [0.2, 0.25) is 0 Å². The number of fused-ring (bicyclic) bond motifs is 1. The van der Waals surface area contributed by atoms with Gasteiger partial charge in [0.25, 0.3) is 0 Å². The van der Waals surface area contributed by atoms with E-state index in [0.717, 1.165) is 36.2 Å². The molecule has 0 bridgehead atoms. The Hall–Kier alpha value is -1.31. The van der Waals surface area contributed by atoms with Crippen LogP contribution in [0.15, 0.2) is 12.1 Å². The topological polar surface area (TPSA) is 65.1 Å². The second-order valence-corrected chi connectivity index (χ2v) is 9.24. The molecule has 0 aromatic heterocycles. The molecule has 0 amide bonds. The molecule has 2 heterocycles. The lowest BCUT2D eigenvalue weighted by Crippen LogP contribution is -2.52. The molecule has 0 spiro atoms. The van der Waals surface area contributed by atoms with Crippen LogP contribution in [0.1, 0.15) is 44.7 Å². The summed E-state index contributed by atoms with van der Waals surface area (Å²) in [4.78, 5) is 2.29. The van der Waals surface area contributed by atoms with Gasteiger partial charge in [-0.3, -0.25) is 4.90 Å². The molecule has 140 valence electrons. The first kappa shape index (κ1) is 18.5. The van der Waals surface area contributed by atoms with Crippen molar-refractivity contribution in [1.29, 1.82) is 0 Å². The van der Waals surface area contributed by atoms with Crippen molar-refractivity contribution < 1.29 is 22.1 Å². The van der Waals surface area contributed by atoms with E-state index in [-0.39, 0.29) is 17.6 Å². The van der Waals surface area contributed by atoms with Gasteiger partial charge in [-0.15, -0.1) is 0 Å². The van der Waals surface area contributed by atoms with E-state index in [9.17, 15) is 8.42 Å². The van der Waals surface area contributed by atoms with Crippen LogP contribution in [0.25, 0.3) is 0 Å². The lowest BCUT2D eigenvalue weighted by Gasteiger charge is -2.38. The number of hydrogen-bond acceptors (Lipinski definition) is 6. The van der Waals surface area contributed by atoms with Crippen LogP contribution in [0.3, 0.4) is 0 Å². The highest BCUT2D eigenvalue weighted by molar-refractivity contribution is 7.86. The molecule has 1 fully saturated rings. The van der Waals surface area contributed by atoms with E-state index in [1.807, 2.05) is 26.0 Å². The van der Waals surface area contributed by atoms with Gasteiger partial charge in [0.1, 0.15) is 11.5 Å². The maximum atomic E-state index is 11.7. The quantitative estimate of drug-likeness (QED) is 0.760. The maximum Gasteiger partial charge on any atom is 0.306 e. The number of rotatable bonds is 4. The van der Waals surface area contributed by atoms with Crippen LogP contribution >= 0.6 is 0 Å². The zero-order valence-corrected chi connectivity index (χ0v) is 16.4. The highest BCUT2D eigenvalue weighted by Gasteiger charge is 2.46. The molecule has 1 aromatic carbocycles. The molecule has 0 aliphatic carbocycles. The molecule has 1 saturated heterocycles. The number of morpholine rings is 1. The lowest BCUT2D eigenvalue weighted by atomic mass is 9.82. The minimum atomic E-state index is -3.59. The van der Waals surface area contributed by atoms with E-state index in [0.29, 0.717) is 19.0 Å². The fraction of sp³-hybridized carbons (Fsp3) is 0.667. The molecule has 1 aromatic rings. The molecule has 0 N–H and O–H groups in total. The Bertz CT molecular complexity index is 751. The average Bonchev–Trinajstić information content (AvgIpc) is 2.77. The van der Waals surface area contributed by atoms with E-state index < -0.39 is 10.1 Å². The zero-order valence-electron chi connectivity index (χ0n) is 15.5. The Morgan fingerprint density at radius 2 is 1.88 bits per heavy atom. The van der Waals surface area contributed by atoms with Gasteiger partial charge in [-0.2, -0.15) is 8.42 Å². The first-order valence-electron chi connectivity index (χ1n) is 8.66. The maximum absolute atomic E-state index is 11.7. The van der Waals surface area contributed by atoms with Crippen molar-refractivity contribution in [2.24, 2.45) is 0 Å². The van der Waals surface area contributed by atoms with Gasteiger partial charge >= 0.3 is 10.1 Å². The summed E-state index contributed by atoms with van der Waals surface area (Å²) in [5, 5.41) is 0. The SMILES string of the molecule is CC(C)c1cc2c(cc1OS(C)(=O)=O)C(C)(C)C(N1CCOCC1)O2.